The molecule has 8 heteroatoms. The van der Waals surface area contributed by atoms with Crippen LogP contribution in [0.3, 0.4) is 0 Å². The number of fused-ring (bicyclic) bond motifs is 1. The second-order valence-electron chi connectivity index (χ2n) is 8.21. The summed E-state index contributed by atoms with van der Waals surface area (Å²) in [6.07, 6.45) is 1.89. The molecule has 1 spiro atoms. The highest BCUT2D eigenvalue weighted by molar-refractivity contribution is 6.42. The van der Waals surface area contributed by atoms with Gasteiger partial charge < -0.3 is 19.9 Å². The van der Waals surface area contributed by atoms with Gasteiger partial charge in [0.15, 0.2) is 0 Å². The van der Waals surface area contributed by atoms with Crippen LogP contribution in [-0.2, 0) is 11.3 Å². The Morgan fingerprint density at radius 3 is 2.55 bits per heavy atom. The van der Waals surface area contributed by atoms with Gasteiger partial charge in [-0.2, -0.15) is 0 Å². The number of benzene rings is 2. The van der Waals surface area contributed by atoms with E-state index in [0.717, 1.165) is 53.7 Å². The average molecular weight is 482 g/mol. The summed E-state index contributed by atoms with van der Waals surface area (Å²) in [5, 5.41) is 5.58. The first-order chi connectivity index (χ1) is 14.9. The van der Waals surface area contributed by atoms with Crippen LogP contribution in [0.2, 0.25) is 15.1 Å². The highest BCUT2D eigenvalue weighted by Gasteiger charge is 2.45. The monoisotopic (exact) mass is 480 g/mol. The molecule has 2 heterocycles. The molecule has 0 unspecified atom stereocenters. The van der Waals surface area contributed by atoms with Gasteiger partial charge in [-0.25, -0.2) is 0 Å². The third kappa shape index (κ3) is 4.81. The Morgan fingerprint density at radius 2 is 1.84 bits per heavy atom. The van der Waals surface area contributed by atoms with Crippen molar-refractivity contribution >= 4 is 52.0 Å². The van der Waals surface area contributed by atoms with E-state index < -0.39 is 0 Å². The van der Waals surface area contributed by atoms with E-state index in [1.165, 1.54) is 0 Å². The second kappa shape index (κ2) is 9.55. The molecular formula is C23H27Cl3N4O. The number of anilines is 2. The molecule has 0 radical (unpaired) electrons. The quantitative estimate of drug-likeness (QED) is 0.604. The van der Waals surface area contributed by atoms with Gasteiger partial charge in [0.2, 0.25) is 0 Å². The van der Waals surface area contributed by atoms with Gasteiger partial charge in [-0.15, -0.1) is 0 Å². The first kappa shape index (κ1) is 22.7. The summed E-state index contributed by atoms with van der Waals surface area (Å²) in [5.74, 6) is 1.02. The predicted molar refractivity (Wildman–Crippen MR) is 131 cm³/mol. The molecule has 0 saturated carbocycles. The van der Waals surface area contributed by atoms with Crippen LogP contribution in [0.1, 0.15) is 18.4 Å². The summed E-state index contributed by atoms with van der Waals surface area (Å²) in [6, 6.07) is 11.7. The van der Waals surface area contributed by atoms with Crippen molar-refractivity contribution in [2.45, 2.75) is 24.9 Å². The van der Waals surface area contributed by atoms with Gasteiger partial charge in [-0.1, -0.05) is 46.9 Å². The summed E-state index contributed by atoms with van der Waals surface area (Å²) in [5.41, 5.74) is 2.76. The van der Waals surface area contributed by atoms with E-state index in [2.05, 4.69) is 28.2 Å². The molecule has 0 bridgehead atoms. The molecule has 1 saturated heterocycles. The van der Waals surface area contributed by atoms with Gasteiger partial charge in [0.05, 0.1) is 40.1 Å². The van der Waals surface area contributed by atoms with Crippen molar-refractivity contribution < 1.29 is 4.74 Å². The molecule has 2 aliphatic rings. The minimum atomic E-state index is -0.275. The number of rotatable bonds is 5. The molecule has 0 aromatic heterocycles. The molecule has 31 heavy (non-hydrogen) atoms. The summed E-state index contributed by atoms with van der Waals surface area (Å²) in [4.78, 5) is 9.75. The molecule has 0 aliphatic carbocycles. The van der Waals surface area contributed by atoms with Crippen LogP contribution in [0.4, 0.5) is 11.4 Å². The molecule has 5 nitrogen and oxygen atoms in total. The number of ether oxygens (including phenoxy) is 1. The van der Waals surface area contributed by atoms with Gasteiger partial charge in [-0.05, 0) is 49.7 Å². The SMILES string of the molecule is COCCN1/C(=N/Cc2cccc(Cl)c2)C2(CCN(C)CC2)Nc2cc(Cl)c(Cl)cc21. The van der Waals surface area contributed by atoms with Crippen LogP contribution in [0.15, 0.2) is 41.4 Å². The Kier molecular flexibility index (Phi) is 6.99. The standard InChI is InChI=1S/C23H27Cl3N4O/c1-29-8-6-23(7-9-29)22(27-15-16-4-3-5-17(24)12-16)30(10-11-31-2)21-14-19(26)18(25)13-20(21)28-23/h3-5,12-14,28H,6-11,15H2,1-2H3/b27-22+. The van der Waals surface area contributed by atoms with E-state index in [0.29, 0.717) is 29.7 Å². The van der Waals surface area contributed by atoms with Crippen molar-refractivity contribution in [2.75, 3.05) is 50.6 Å². The molecule has 0 amide bonds. The van der Waals surface area contributed by atoms with E-state index >= 15 is 0 Å². The molecule has 166 valence electrons. The molecule has 2 aromatic rings. The molecule has 2 aromatic carbocycles. The summed E-state index contributed by atoms with van der Waals surface area (Å²) in [7, 11) is 3.87. The van der Waals surface area contributed by atoms with Crippen LogP contribution in [-0.4, -0.2) is 56.7 Å². The average Bonchev–Trinajstić information content (AvgIpc) is 2.75. The Bertz CT molecular complexity index is 973. The van der Waals surface area contributed by atoms with Crippen LogP contribution < -0.4 is 10.2 Å². The van der Waals surface area contributed by atoms with E-state index in [9.17, 15) is 0 Å². The number of aliphatic imine (C=N–C) groups is 1. The Hall–Kier alpha value is -1.50. The third-order valence-corrected chi connectivity index (χ3v) is 7.00. The van der Waals surface area contributed by atoms with Crippen LogP contribution in [0, 0.1) is 0 Å². The maximum atomic E-state index is 6.40. The van der Waals surface area contributed by atoms with Crippen molar-refractivity contribution in [1.29, 1.82) is 0 Å². The third-order valence-electron chi connectivity index (χ3n) is 6.05. The lowest BCUT2D eigenvalue weighted by Gasteiger charge is -2.50. The van der Waals surface area contributed by atoms with Crippen LogP contribution in [0.5, 0.6) is 0 Å². The predicted octanol–water partition coefficient (Wildman–Crippen LogP) is 5.59. The highest BCUT2D eigenvalue weighted by atomic mass is 35.5. The van der Waals surface area contributed by atoms with Crippen molar-refractivity contribution in [2.24, 2.45) is 4.99 Å². The Balaban J connectivity index is 1.80. The van der Waals surface area contributed by atoms with Gasteiger partial charge in [0.1, 0.15) is 5.84 Å². The molecule has 1 fully saturated rings. The minimum Gasteiger partial charge on any atom is -0.383 e. The summed E-state index contributed by atoms with van der Waals surface area (Å²) in [6.45, 7) is 3.77. The van der Waals surface area contributed by atoms with E-state index in [1.807, 2.05) is 30.3 Å². The summed E-state index contributed by atoms with van der Waals surface area (Å²) < 4.78 is 5.43. The van der Waals surface area contributed by atoms with Gasteiger partial charge in [0.25, 0.3) is 0 Å². The normalized spacial score (nSPS) is 19.5. The smallest absolute Gasteiger partial charge is 0.130 e. The number of hydrogen-bond acceptors (Lipinski definition) is 4. The van der Waals surface area contributed by atoms with Crippen molar-refractivity contribution in [3.63, 3.8) is 0 Å². The summed E-state index contributed by atoms with van der Waals surface area (Å²) >= 11 is 19.0. The maximum Gasteiger partial charge on any atom is 0.130 e. The van der Waals surface area contributed by atoms with Crippen molar-refractivity contribution in [3.05, 3.63) is 57.0 Å². The maximum absolute atomic E-state index is 6.40. The molecular weight excluding hydrogens is 455 g/mol. The number of nitrogens with one attached hydrogen (secondary N) is 1. The number of likely N-dealkylation sites (tertiary alicyclic amines) is 1. The Morgan fingerprint density at radius 1 is 1.10 bits per heavy atom. The van der Waals surface area contributed by atoms with E-state index in [1.54, 1.807) is 7.11 Å². The lowest BCUT2D eigenvalue weighted by molar-refractivity contribution is 0.206. The van der Waals surface area contributed by atoms with Gasteiger partial charge in [-0.3, -0.25) is 4.99 Å². The van der Waals surface area contributed by atoms with Crippen LogP contribution >= 0.6 is 34.8 Å². The van der Waals surface area contributed by atoms with Crippen LogP contribution in [0.25, 0.3) is 0 Å². The lowest BCUT2D eigenvalue weighted by Crippen LogP contribution is -2.62. The van der Waals surface area contributed by atoms with Crippen molar-refractivity contribution in [1.82, 2.24) is 4.90 Å². The van der Waals surface area contributed by atoms with Crippen molar-refractivity contribution in [3.8, 4) is 0 Å². The number of nitrogens with zero attached hydrogens (tertiary/aromatic N) is 3. The highest BCUT2D eigenvalue weighted by Crippen LogP contribution is 2.44. The number of methoxy groups -OCH3 is 1. The van der Waals surface area contributed by atoms with E-state index in [-0.39, 0.29) is 5.54 Å². The number of halogens is 3. The fourth-order valence-electron chi connectivity index (χ4n) is 4.34. The molecule has 2 aliphatic heterocycles. The number of piperidine rings is 1. The molecule has 1 N–H and O–H groups in total. The fraction of sp³-hybridized carbons (Fsp3) is 0.435. The largest absolute Gasteiger partial charge is 0.383 e. The zero-order chi connectivity index (χ0) is 22.0. The van der Waals surface area contributed by atoms with Gasteiger partial charge >= 0.3 is 0 Å². The zero-order valence-corrected chi connectivity index (χ0v) is 20.1. The fourth-order valence-corrected chi connectivity index (χ4v) is 4.88. The number of amidine groups is 1. The van der Waals surface area contributed by atoms with E-state index in [4.69, 9.17) is 44.5 Å². The molecule has 0 atom stereocenters. The lowest BCUT2D eigenvalue weighted by atomic mass is 9.83. The zero-order valence-electron chi connectivity index (χ0n) is 17.8. The Labute approximate surface area is 198 Å². The first-order valence-corrected chi connectivity index (χ1v) is 11.6. The topological polar surface area (TPSA) is 40.1 Å². The van der Waals surface area contributed by atoms with Gasteiger partial charge in [0, 0.05) is 31.8 Å². The first-order valence-electron chi connectivity index (χ1n) is 10.4. The number of hydrogen-bond donors (Lipinski definition) is 1. The minimum absolute atomic E-state index is 0.275. The molecule has 4 rings (SSSR count). The second-order valence-corrected chi connectivity index (χ2v) is 9.46.